The highest BCUT2D eigenvalue weighted by molar-refractivity contribution is 5.42. The van der Waals surface area contributed by atoms with E-state index in [-0.39, 0.29) is 0 Å². The monoisotopic (exact) mass is 193 g/mol. The van der Waals surface area contributed by atoms with Crippen LogP contribution in [0.4, 0.5) is 0 Å². The first-order valence-electron chi connectivity index (χ1n) is 4.89. The first-order valence-corrected chi connectivity index (χ1v) is 4.89. The zero-order valence-corrected chi connectivity index (χ0v) is 8.29. The minimum atomic E-state index is 0.313. The van der Waals surface area contributed by atoms with E-state index in [0.29, 0.717) is 11.7 Å². The van der Waals surface area contributed by atoms with Gasteiger partial charge >= 0.3 is 0 Å². The summed E-state index contributed by atoms with van der Waals surface area (Å²) in [5.74, 6) is 1.65. The van der Waals surface area contributed by atoms with E-state index in [9.17, 15) is 5.11 Å². The van der Waals surface area contributed by atoms with Gasteiger partial charge in [0.1, 0.15) is 11.5 Å². The molecular weight excluding hydrogens is 178 g/mol. The Labute approximate surface area is 83.7 Å². The molecule has 1 aromatic rings. The molecule has 3 heteroatoms. The zero-order valence-electron chi connectivity index (χ0n) is 8.29. The first kappa shape index (κ1) is 9.34. The van der Waals surface area contributed by atoms with Crippen LogP contribution in [0.3, 0.4) is 0 Å². The van der Waals surface area contributed by atoms with E-state index in [1.54, 1.807) is 19.2 Å². The molecule has 1 aliphatic rings. The fraction of sp³-hybridized carbons (Fsp3) is 0.455. The highest BCUT2D eigenvalue weighted by Gasteiger charge is 2.20. The number of phenolic OH excluding ortho intramolecular Hbond substituents is 1. The number of phenols is 1. The van der Waals surface area contributed by atoms with Gasteiger partial charge in [0.15, 0.2) is 0 Å². The average Bonchev–Trinajstić information content (AvgIpc) is 2.70. The standard InChI is InChI=1S/C11H15NO2/c1-14-11-3-2-9(13)6-10(11)8-4-5-12-7-8/h2-3,6,8,12-13H,4-5,7H2,1H3. The quantitative estimate of drug-likeness (QED) is 0.747. The molecule has 0 aromatic heterocycles. The summed E-state index contributed by atoms with van der Waals surface area (Å²) >= 11 is 0. The van der Waals surface area contributed by atoms with Gasteiger partial charge in [0.25, 0.3) is 0 Å². The van der Waals surface area contributed by atoms with Gasteiger partial charge in [0.2, 0.25) is 0 Å². The van der Waals surface area contributed by atoms with Gasteiger partial charge < -0.3 is 15.2 Å². The Balaban J connectivity index is 2.33. The highest BCUT2D eigenvalue weighted by atomic mass is 16.5. The molecule has 1 aromatic carbocycles. The van der Waals surface area contributed by atoms with E-state index in [0.717, 1.165) is 30.8 Å². The van der Waals surface area contributed by atoms with Crippen LogP contribution in [0.25, 0.3) is 0 Å². The molecule has 1 fully saturated rings. The summed E-state index contributed by atoms with van der Waals surface area (Å²) in [6.07, 6.45) is 1.11. The van der Waals surface area contributed by atoms with Crippen molar-refractivity contribution in [1.29, 1.82) is 0 Å². The Morgan fingerprint density at radius 3 is 3.00 bits per heavy atom. The van der Waals surface area contributed by atoms with Crippen molar-refractivity contribution in [3.05, 3.63) is 23.8 Å². The minimum Gasteiger partial charge on any atom is -0.508 e. The largest absolute Gasteiger partial charge is 0.508 e. The van der Waals surface area contributed by atoms with Crippen LogP contribution in [-0.4, -0.2) is 25.3 Å². The maximum absolute atomic E-state index is 9.42. The molecule has 14 heavy (non-hydrogen) atoms. The van der Waals surface area contributed by atoms with Crippen molar-refractivity contribution in [2.24, 2.45) is 0 Å². The van der Waals surface area contributed by atoms with E-state index in [1.165, 1.54) is 0 Å². The normalized spacial score (nSPS) is 21.1. The van der Waals surface area contributed by atoms with Crippen molar-refractivity contribution < 1.29 is 9.84 Å². The lowest BCUT2D eigenvalue weighted by atomic mass is 9.97. The Kier molecular flexibility index (Phi) is 2.59. The topological polar surface area (TPSA) is 41.5 Å². The second kappa shape index (κ2) is 3.88. The van der Waals surface area contributed by atoms with Gasteiger partial charge in [-0.3, -0.25) is 0 Å². The molecule has 3 nitrogen and oxygen atoms in total. The van der Waals surface area contributed by atoms with Gasteiger partial charge in [0.05, 0.1) is 7.11 Å². The van der Waals surface area contributed by atoms with Crippen LogP contribution < -0.4 is 10.1 Å². The first-order chi connectivity index (χ1) is 6.81. The molecule has 1 aliphatic heterocycles. The molecule has 0 saturated carbocycles. The van der Waals surface area contributed by atoms with Crippen molar-refractivity contribution >= 4 is 0 Å². The summed E-state index contributed by atoms with van der Waals surface area (Å²) in [5.41, 5.74) is 1.11. The van der Waals surface area contributed by atoms with E-state index < -0.39 is 0 Å². The number of methoxy groups -OCH3 is 1. The molecule has 76 valence electrons. The van der Waals surface area contributed by atoms with Gasteiger partial charge in [-0.1, -0.05) is 0 Å². The summed E-state index contributed by atoms with van der Waals surface area (Å²) < 4.78 is 5.27. The number of hydrogen-bond donors (Lipinski definition) is 2. The number of ether oxygens (including phenoxy) is 1. The Hall–Kier alpha value is -1.22. The maximum atomic E-state index is 9.42. The van der Waals surface area contributed by atoms with E-state index in [1.807, 2.05) is 6.07 Å². The number of rotatable bonds is 2. The van der Waals surface area contributed by atoms with Gasteiger partial charge in [-0.25, -0.2) is 0 Å². The molecule has 2 rings (SSSR count). The van der Waals surface area contributed by atoms with E-state index in [2.05, 4.69) is 5.32 Å². The highest BCUT2D eigenvalue weighted by Crippen LogP contribution is 2.33. The van der Waals surface area contributed by atoms with Crippen LogP contribution in [0.2, 0.25) is 0 Å². The molecule has 0 bridgehead atoms. The average molecular weight is 193 g/mol. The number of benzene rings is 1. The minimum absolute atomic E-state index is 0.313. The van der Waals surface area contributed by atoms with Crippen LogP contribution in [0.15, 0.2) is 18.2 Å². The number of aromatic hydroxyl groups is 1. The van der Waals surface area contributed by atoms with Crippen molar-refractivity contribution in [2.75, 3.05) is 20.2 Å². The molecule has 0 radical (unpaired) electrons. The summed E-state index contributed by atoms with van der Waals surface area (Å²) in [6, 6.07) is 5.28. The third-order valence-corrected chi connectivity index (χ3v) is 2.71. The SMILES string of the molecule is COc1ccc(O)cc1C1CCNC1. The molecule has 1 saturated heterocycles. The van der Waals surface area contributed by atoms with Crippen LogP contribution in [0.5, 0.6) is 11.5 Å². The van der Waals surface area contributed by atoms with E-state index in [4.69, 9.17) is 4.74 Å². The maximum Gasteiger partial charge on any atom is 0.122 e. The summed E-state index contributed by atoms with van der Waals surface area (Å²) in [6.45, 7) is 2.02. The Morgan fingerprint density at radius 1 is 1.50 bits per heavy atom. The Morgan fingerprint density at radius 2 is 2.36 bits per heavy atom. The smallest absolute Gasteiger partial charge is 0.122 e. The second-order valence-electron chi connectivity index (χ2n) is 3.62. The van der Waals surface area contributed by atoms with E-state index >= 15 is 0 Å². The fourth-order valence-electron chi connectivity index (χ4n) is 1.96. The molecule has 0 amide bonds. The third-order valence-electron chi connectivity index (χ3n) is 2.71. The lowest BCUT2D eigenvalue weighted by Gasteiger charge is -2.13. The molecule has 1 unspecified atom stereocenters. The van der Waals surface area contributed by atoms with Gasteiger partial charge in [-0.15, -0.1) is 0 Å². The van der Waals surface area contributed by atoms with Crippen molar-refractivity contribution in [3.8, 4) is 11.5 Å². The summed E-state index contributed by atoms with van der Waals surface area (Å²) in [4.78, 5) is 0. The van der Waals surface area contributed by atoms with Gasteiger partial charge in [-0.2, -0.15) is 0 Å². The summed E-state index contributed by atoms with van der Waals surface area (Å²) in [5, 5.41) is 12.7. The van der Waals surface area contributed by atoms with Gasteiger partial charge in [0, 0.05) is 18.0 Å². The molecule has 1 heterocycles. The third kappa shape index (κ3) is 1.68. The van der Waals surface area contributed by atoms with Crippen molar-refractivity contribution in [1.82, 2.24) is 5.32 Å². The fourth-order valence-corrected chi connectivity index (χ4v) is 1.96. The van der Waals surface area contributed by atoms with Crippen LogP contribution >= 0.6 is 0 Å². The van der Waals surface area contributed by atoms with Crippen molar-refractivity contribution in [3.63, 3.8) is 0 Å². The van der Waals surface area contributed by atoms with Crippen molar-refractivity contribution in [2.45, 2.75) is 12.3 Å². The molecular formula is C11H15NO2. The predicted octanol–water partition coefficient (Wildman–Crippen LogP) is 1.48. The molecule has 2 N–H and O–H groups in total. The molecule has 0 spiro atoms. The predicted molar refractivity (Wildman–Crippen MR) is 54.9 cm³/mol. The lowest BCUT2D eigenvalue weighted by molar-refractivity contribution is 0.403. The van der Waals surface area contributed by atoms with Gasteiger partial charge in [-0.05, 0) is 31.2 Å². The van der Waals surface area contributed by atoms with Crippen LogP contribution in [-0.2, 0) is 0 Å². The number of nitrogens with one attached hydrogen (secondary N) is 1. The Bertz CT molecular complexity index is 319. The number of hydrogen-bond acceptors (Lipinski definition) is 3. The van der Waals surface area contributed by atoms with Crippen LogP contribution in [0.1, 0.15) is 17.9 Å². The van der Waals surface area contributed by atoms with Crippen LogP contribution in [0, 0.1) is 0 Å². The zero-order chi connectivity index (χ0) is 9.97. The molecule has 0 aliphatic carbocycles. The molecule has 1 atom stereocenters. The second-order valence-corrected chi connectivity index (χ2v) is 3.62. The summed E-state index contributed by atoms with van der Waals surface area (Å²) in [7, 11) is 1.66. The lowest BCUT2D eigenvalue weighted by Crippen LogP contribution is -2.08.